The van der Waals surface area contributed by atoms with Gasteiger partial charge in [0.2, 0.25) is 5.91 Å². The maximum atomic E-state index is 11.8. The van der Waals surface area contributed by atoms with Gasteiger partial charge in [-0.2, -0.15) is 0 Å². The minimum absolute atomic E-state index is 0.0182. The number of benzene rings is 2. The summed E-state index contributed by atoms with van der Waals surface area (Å²) in [6, 6.07) is 16.6. The Morgan fingerprint density at radius 3 is 2.32 bits per heavy atom. The van der Waals surface area contributed by atoms with Gasteiger partial charge in [0.05, 0.1) is 6.42 Å². The minimum Gasteiger partial charge on any atom is -0.484 e. The summed E-state index contributed by atoms with van der Waals surface area (Å²) < 4.78 is 5.33. The Kier molecular flexibility index (Phi) is 6.91. The van der Waals surface area contributed by atoms with Gasteiger partial charge in [0.1, 0.15) is 5.75 Å². The zero-order chi connectivity index (χ0) is 18.1. The predicted molar refractivity (Wildman–Crippen MR) is 98.8 cm³/mol. The second-order valence-corrected chi connectivity index (χ2v) is 5.72. The number of hydrazine groups is 1. The third-order valence-corrected chi connectivity index (χ3v) is 3.37. The van der Waals surface area contributed by atoms with Crippen LogP contribution in [0.3, 0.4) is 0 Å². The van der Waals surface area contributed by atoms with E-state index in [1.807, 2.05) is 49.4 Å². The summed E-state index contributed by atoms with van der Waals surface area (Å²) in [6.45, 7) is 1.80. The fourth-order valence-corrected chi connectivity index (χ4v) is 2.09. The average Bonchev–Trinajstić information content (AvgIpc) is 2.60. The smallest absolute Gasteiger partial charge is 0.276 e. The first-order valence-corrected chi connectivity index (χ1v) is 8.06. The number of nitrogens with one attached hydrogen (secondary N) is 3. The number of amides is 2. The Morgan fingerprint density at radius 1 is 0.960 bits per heavy atom. The molecule has 0 saturated carbocycles. The van der Waals surface area contributed by atoms with Crippen molar-refractivity contribution in [2.75, 3.05) is 6.61 Å². The van der Waals surface area contributed by atoms with Gasteiger partial charge in [-0.25, -0.2) is 0 Å². The van der Waals surface area contributed by atoms with Gasteiger partial charge in [-0.3, -0.25) is 20.4 Å². The van der Waals surface area contributed by atoms with E-state index in [9.17, 15) is 9.59 Å². The maximum absolute atomic E-state index is 11.8. The van der Waals surface area contributed by atoms with Crippen LogP contribution in [0.1, 0.15) is 11.1 Å². The van der Waals surface area contributed by atoms with Crippen LogP contribution in [-0.2, 0) is 16.0 Å². The summed E-state index contributed by atoms with van der Waals surface area (Å²) in [4.78, 5) is 23.5. The lowest BCUT2D eigenvalue weighted by Crippen LogP contribution is -2.49. The van der Waals surface area contributed by atoms with Crippen LogP contribution in [0.25, 0.3) is 0 Å². The molecule has 0 aliphatic rings. The van der Waals surface area contributed by atoms with E-state index in [4.69, 9.17) is 17.0 Å². The van der Waals surface area contributed by atoms with E-state index in [1.165, 1.54) is 0 Å². The number of thiocarbonyl (C=S) groups is 1. The number of aryl methyl sites for hydroxylation is 1. The molecule has 0 spiro atoms. The highest BCUT2D eigenvalue weighted by Gasteiger charge is 2.07. The van der Waals surface area contributed by atoms with Crippen LogP contribution in [0.2, 0.25) is 0 Å². The molecule has 0 aliphatic heterocycles. The highest BCUT2D eigenvalue weighted by atomic mass is 32.1. The predicted octanol–water partition coefficient (Wildman–Crippen LogP) is 1.64. The molecular formula is C18H19N3O3S. The topological polar surface area (TPSA) is 79.5 Å². The first-order chi connectivity index (χ1) is 12.0. The number of hydrogen-bond donors (Lipinski definition) is 3. The van der Waals surface area contributed by atoms with Crippen molar-refractivity contribution in [3.63, 3.8) is 0 Å². The first-order valence-electron chi connectivity index (χ1n) is 7.65. The van der Waals surface area contributed by atoms with Gasteiger partial charge in [0.25, 0.3) is 5.91 Å². The lowest BCUT2D eigenvalue weighted by atomic mass is 10.1. The SMILES string of the molecule is Cc1ccc(OCC(=O)NNC(=S)NC(=O)Cc2ccccc2)cc1. The second kappa shape index (κ2) is 9.39. The number of carbonyl (C=O) groups excluding carboxylic acids is 2. The van der Waals surface area contributed by atoms with Crippen molar-refractivity contribution in [2.45, 2.75) is 13.3 Å². The van der Waals surface area contributed by atoms with Crippen LogP contribution in [0.5, 0.6) is 5.75 Å². The molecule has 0 heterocycles. The van der Waals surface area contributed by atoms with Gasteiger partial charge < -0.3 is 10.1 Å². The van der Waals surface area contributed by atoms with E-state index in [0.717, 1.165) is 11.1 Å². The van der Waals surface area contributed by atoms with Crippen LogP contribution in [0.15, 0.2) is 54.6 Å². The molecule has 0 fully saturated rings. The summed E-state index contributed by atoms with van der Waals surface area (Å²) in [7, 11) is 0. The Bertz CT molecular complexity index is 733. The molecule has 6 nitrogen and oxygen atoms in total. The van der Waals surface area contributed by atoms with Gasteiger partial charge in [-0.15, -0.1) is 0 Å². The summed E-state index contributed by atoms with van der Waals surface area (Å²) >= 11 is 4.96. The lowest BCUT2D eigenvalue weighted by Gasteiger charge is -2.11. The number of rotatable bonds is 5. The third-order valence-electron chi connectivity index (χ3n) is 3.17. The summed E-state index contributed by atoms with van der Waals surface area (Å²) in [5.74, 6) is -0.0893. The normalized spacial score (nSPS) is 9.80. The van der Waals surface area contributed by atoms with Crippen molar-refractivity contribution in [1.82, 2.24) is 16.2 Å². The fourth-order valence-electron chi connectivity index (χ4n) is 1.93. The molecule has 25 heavy (non-hydrogen) atoms. The molecule has 0 aromatic heterocycles. The monoisotopic (exact) mass is 357 g/mol. The van der Waals surface area contributed by atoms with Gasteiger partial charge in [-0.1, -0.05) is 48.0 Å². The molecule has 2 aromatic rings. The zero-order valence-electron chi connectivity index (χ0n) is 13.7. The quantitative estimate of drug-likeness (QED) is 0.560. The molecule has 2 amide bonds. The minimum atomic E-state index is -0.416. The molecule has 0 bridgehead atoms. The van der Waals surface area contributed by atoms with E-state index < -0.39 is 5.91 Å². The van der Waals surface area contributed by atoms with Crippen molar-refractivity contribution < 1.29 is 14.3 Å². The van der Waals surface area contributed by atoms with Gasteiger partial charge in [-0.05, 0) is 36.8 Å². The van der Waals surface area contributed by atoms with Gasteiger partial charge in [0.15, 0.2) is 11.7 Å². The van der Waals surface area contributed by atoms with Crippen LogP contribution in [0.4, 0.5) is 0 Å². The van der Waals surface area contributed by atoms with Crippen molar-refractivity contribution in [1.29, 1.82) is 0 Å². The number of ether oxygens (including phenoxy) is 1. The number of hydrogen-bond acceptors (Lipinski definition) is 4. The number of carbonyl (C=O) groups is 2. The van der Waals surface area contributed by atoms with Crippen LogP contribution in [0, 0.1) is 6.92 Å². The average molecular weight is 357 g/mol. The fraction of sp³-hybridized carbons (Fsp3) is 0.167. The van der Waals surface area contributed by atoms with E-state index in [1.54, 1.807) is 12.1 Å². The molecule has 2 rings (SSSR count). The van der Waals surface area contributed by atoms with E-state index in [-0.39, 0.29) is 24.0 Å². The van der Waals surface area contributed by atoms with Crippen molar-refractivity contribution in [3.8, 4) is 5.75 Å². The van der Waals surface area contributed by atoms with Crippen LogP contribution in [-0.4, -0.2) is 23.5 Å². The van der Waals surface area contributed by atoms with Crippen LogP contribution < -0.4 is 20.9 Å². The highest BCUT2D eigenvalue weighted by molar-refractivity contribution is 7.80. The molecular weight excluding hydrogens is 338 g/mol. The third kappa shape index (κ3) is 7.01. The molecule has 0 radical (unpaired) electrons. The molecule has 7 heteroatoms. The molecule has 130 valence electrons. The highest BCUT2D eigenvalue weighted by Crippen LogP contribution is 2.10. The molecule has 0 unspecified atom stereocenters. The summed E-state index contributed by atoms with van der Waals surface area (Å²) in [5.41, 5.74) is 6.81. The van der Waals surface area contributed by atoms with Crippen molar-refractivity contribution in [2.24, 2.45) is 0 Å². The van der Waals surface area contributed by atoms with Crippen molar-refractivity contribution >= 4 is 29.1 Å². The largest absolute Gasteiger partial charge is 0.484 e. The molecule has 0 saturated heterocycles. The molecule has 3 N–H and O–H groups in total. The van der Waals surface area contributed by atoms with Gasteiger partial charge >= 0.3 is 0 Å². The summed E-state index contributed by atoms with van der Waals surface area (Å²) in [6.07, 6.45) is 0.202. The maximum Gasteiger partial charge on any atom is 0.276 e. The van der Waals surface area contributed by atoms with E-state index >= 15 is 0 Å². The van der Waals surface area contributed by atoms with E-state index in [2.05, 4.69) is 16.2 Å². The molecule has 2 aromatic carbocycles. The van der Waals surface area contributed by atoms with Crippen molar-refractivity contribution in [3.05, 3.63) is 65.7 Å². The van der Waals surface area contributed by atoms with E-state index in [0.29, 0.717) is 5.75 Å². The molecule has 0 atom stereocenters. The lowest BCUT2D eigenvalue weighted by molar-refractivity contribution is -0.124. The standard InChI is InChI=1S/C18H19N3O3S/c1-13-7-9-15(10-8-13)24-12-17(23)20-21-18(25)19-16(22)11-14-5-3-2-4-6-14/h2-10H,11-12H2,1H3,(H,20,23)(H2,19,21,22,25). The summed E-state index contributed by atoms with van der Waals surface area (Å²) in [5, 5.41) is 2.51. The Hall–Kier alpha value is -2.93. The Balaban J connectivity index is 1.66. The van der Waals surface area contributed by atoms with Crippen LogP contribution >= 0.6 is 12.2 Å². The van der Waals surface area contributed by atoms with Gasteiger partial charge in [0, 0.05) is 0 Å². The zero-order valence-corrected chi connectivity index (χ0v) is 14.6. The Morgan fingerprint density at radius 2 is 1.64 bits per heavy atom. The first kappa shape index (κ1) is 18.4. The second-order valence-electron chi connectivity index (χ2n) is 5.31. The molecule has 0 aliphatic carbocycles. The Labute approximate surface area is 151 Å².